The van der Waals surface area contributed by atoms with Crippen molar-refractivity contribution < 1.29 is 0 Å². The number of benzene rings is 5. The number of fused-ring (bicyclic) bond motifs is 6. The molecule has 2 unspecified atom stereocenters. The molecule has 0 fully saturated rings. The third-order valence-electron chi connectivity index (χ3n) is 10.3. The minimum absolute atomic E-state index is 0.215. The Kier molecular flexibility index (Phi) is 6.58. The first-order valence-electron chi connectivity index (χ1n) is 17.3. The Morgan fingerprint density at radius 2 is 1.20 bits per heavy atom. The number of allylic oxidation sites excluding steroid dienone is 2. The first-order valence-corrected chi connectivity index (χ1v) is 17.3. The highest BCUT2D eigenvalue weighted by Gasteiger charge is 2.47. The van der Waals surface area contributed by atoms with Crippen LogP contribution < -0.4 is 4.90 Å². The second kappa shape index (κ2) is 11.5. The van der Waals surface area contributed by atoms with Gasteiger partial charge in [-0.1, -0.05) is 121 Å². The second-order valence-corrected chi connectivity index (χ2v) is 13.3. The lowest BCUT2D eigenvalue weighted by Gasteiger charge is -2.39. The number of para-hydroxylation sites is 2. The third-order valence-corrected chi connectivity index (χ3v) is 10.3. The van der Waals surface area contributed by atoms with Crippen molar-refractivity contribution >= 4 is 33.2 Å². The summed E-state index contributed by atoms with van der Waals surface area (Å²) in [7, 11) is 0. The van der Waals surface area contributed by atoms with Gasteiger partial charge in [-0.15, -0.1) is 0 Å². The van der Waals surface area contributed by atoms with Crippen LogP contribution >= 0.6 is 0 Å². The van der Waals surface area contributed by atoms with E-state index in [4.69, 9.17) is 19.9 Å². The van der Waals surface area contributed by atoms with E-state index in [0.29, 0.717) is 17.5 Å². The molecule has 0 saturated carbocycles. The molecule has 0 saturated heterocycles. The van der Waals surface area contributed by atoms with Crippen LogP contribution in [0.3, 0.4) is 0 Å². The van der Waals surface area contributed by atoms with Crippen LogP contribution in [-0.2, 0) is 0 Å². The topological polar surface area (TPSA) is 59.7 Å². The van der Waals surface area contributed by atoms with E-state index in [1.165, 1.54) is 27.7 Å². The number of nitrogens with zero attached hydrogens (tertiary/aromatic N) is 6. The van der Waals surface area contributed by atoms with Crippen molar-refractivity contribution in [3.8, 4) is 40.0 Å². The van der Waals surface area contributed by atoms with E-state index in [1.807, 2.05) is 72.9 Å². The molecule has 8 aromatic rings. The molecule has 2 atom stereocenters. The van der Waals surface area contributed by atoms with Gasteiger partial charge in [0.1, 0.15) is 5.82 Å². The molecule has 4 heterocycles. The molecular formula is C45H32N6. The monoisotopic (exact) mass is 656 g/mol. The van der Waals surface area contributed by atoms with Gasteiger partial charge in [-0.05, 0) is 55.0 Å². The van der Waals surface area contributed by atoms with E-state index in [2.05, 4.69) is 113 Å². The fourth-order valence-corrected chi connectivity index (χ4v) is 7.94. The Bertz CT molecular complexity index is 2600. The van der Waals surface area contributed by atoms with Crippen molar-refractivity contribution in [1.82, 2.24) is 24.5 Å². The van der Waals surface area contributed by atoms with Gasteiger partial charge in [-0.2, -0.15) is 0 Å². The number of hydrogen-bond donors (Lipinski definition) is 0. The Hall–Kier alpha value is -6.66. The van der Waals surface area contributed by atoms with Gasteiger partial charge < -0.3 is 4.90 Å². The third kappa shape index (κ3) is 4.64. The fraction of sp³-hybridized carbons (Fsp3) is 0.0667. The normalized spacial score (nSPS) is 17.6. The van der Waals surface area contributed by atoms with E-state index in [1.54, 1.807) is 0 Å². The minimum Gasteiger partial charge on any atom is -0.331 e. The predicted molar refractivity (Wildman–Crippen MR) is 206 cm³/mol. The highest BCUT2D eigenvalue weighted by Crippen LogP contribution is 2.55. The average molecular weight is 657 g/mol. The SMILES string of the molecule is CC12C=CC=CC1c1cc3c4ccccc4n(-c4cc(-c5nc(-c6ccccc6)nc(-c6ccccc6)n5)ccn4)c3cc1N2c1ccccc1. The molecule has 0 bridgehead atoms. The van der Waals surface area contributed by atoms with Gasteiger partial charge in [0, 0.05) is 51.0 Å². The first-order chi connectivity index (χ1) is 25.2. The van der Waals surface area contributed by atoms with Crippen LogP contribution in [0.25, 0.3) is 61.8 Å². The van der Waals surface area contributed by atoms with E-state index in [9.17, 15) is 0 Å². The Labute approximate surface area is 295 Å². The number of anilines is 2. The van der Waals surface area contributed by atoms with Crippen molar-refractivity contribution in [3.05, 3.63) is 176 Å². The van der Waals surface area contributed by atoms with Crippen LogP contribution in [0.5, 0.6) is 0 Å². The standard InChI is InChI=1S/C45H32N6/c1-45-25-14-13-22-37(45)36-28-35-34-21-11-12-23-38(34)50(39(35)29-40(36)51(45)33-19-9-4-10-20-33)41-27-32(24-26-46-41)44-48-42(30-15-5-2-6-16-30)47-43(49-44)31-17-7-3-8-18-31/h2-29,37H,1H3. The minimum atomic E-state index is -0.234. The van der Waals surface area contributed by atoms with E-state index >= 15 is 0 Å². The maximum absolute atomic E-state index is 5.01. The molecule has 3 aromatic heterocycles. The summed E-state index contributed by atoms with van der Waals surface area (Å²) in [5.74, 6) is 2.87. The van der Waals surface area contributed by atoms with Crippen LogP contribution in [0.1, 0.15) is 18.4 Å². The summed E-state index contributed by atoms with van der Waals surface area (Å²) in [5, 5.41) is 2.39. The van der Waals surface area contributed by atoms with Crippen molar-refractivity contribution in [2.75, 3.05) is 4.90 Å². The molecule has 1 aliphatic heterocycles. The van der Waals surface area contributed by atoms with E-state index in [-0.39, 0.29) is 11.5 Å². The summed E-state index contributed by atoms with van der Waals surface area (Å²) in [6.45, 7) is 2.34. The Morgan fingerprint density at radius 1 is 0.569 bits per heavy atom. The summed E-state index contributed by atoms with van der Waals surface area (Å²) < 4.78 is 2.28. The van der Waals surface area contributed by atoms with E-state index in [0.717, 1.165) is 33.5 Å². The lowest BCUT2D eigenvalue weighted by atomic mass is 9.80. The summed E-state index contributed by atoms with van der Waals surface area (Å²) >= 11 is 0. The second-order valence-electron chi connectivity index (χ2n) is 13.3. The average Bonchev–Trinajstić information content (AvgIpc) is 3.66. The number of rotatable bonds is 5. The van der Waals surface area contributed by atoms with Crippen molar-refractivity contribution in [1.29, 1.82) is 0 Å². The van der Waals surface area contributed by atoms with Crippen LogP contribution in [0.2, 0.25) is 0 Å². The van der Waals surface area contributed by atoms with Crippen molar-refractivity contribution in [3.63, 3.8) is 0 Å². The zero-order chi connectivity index (χ0) is 33.9. The fourth-order valence-electron chi connectivity index (χ4n) is 7.94. The zero-order valence-electron chi connectivity index (χ0n) is 27.9. The lowest BCUT2D eigenvalue weighted by Crippen LogP contribution is -2.41. The van der Waals surface area contributed by atoms with Gasteiger partial charge in [0.15, 0.2) is 17.5 Å². The molecule has 10 rings (SSSR count). The predicted octanol–water partition coefficient (Wildman–Crippen LogP) is 10.5. The number of pyridine rings is 1. The molecule has 2 aliphatic rings. The van der Waals surface area contributed by atoms with Crippen molar-refractivity contribution in [2.24, 2.45) is 0 Å². The highest BCUT2D eigenvalue weighted by molar-refractivity contribution is 6.11. The maximum Gasteiger partial charge on any atom is 0.164 e. The molecule has 0 spiro atoms. The Balaban J connectivity index is 1.19. The molecule has 242 valence electrons. The smallest absolute Gasteiger partial charge is 0.164 e. The van der Waals surface area contributed by atoms with Gasteiger partial charge in [0.05, 0.1) is 16.6 Å². The molecule has 1 aliphatic carbocycles. The maximum atomic E-state index is 5.01. The number of hydrogen-bond acceptors (Lipinski definition) is 5. The molecule has 0 N–H and O–H groups in total. The Morgan fingerprint density at radius 3 is 1.90 bits per heavy atom. The molecule has 51 heavy (non-hydrogen) atoms. The van der Waals surface area contributed by atoms with Gasteiger partial charge in [0.2, 0.25) is 0 Å². The molecule has 0 amide bonds. The highest BCUT2D eigenvalue weighted by atomic mass is 15.2. The summed E-state index contributed by atoms with van der Waals surface area (Å²) in [6, 6.07) is 48.3. The summed E-state index contributed by atoms with van der Waals surface area (Å²) in [5.41, 5.74) is 8.40. The molecule has 6 nitrogen and oxygen atoms in total. The zero-order valence-corrected chi connectivity index (χ0v) is 27.9. The largest absolute Gasteiger partial charge is 0.331 e. The van der Waals surface area contributed by atoms with Crippen LogP contribution in [-0.4, -0.2) is 30.0 Å². The van der Waals surface area contributed by atoms with Gasteiger partial charge in [-0.25, -0.2) is 19.9 Å². The van der Waals surface area contributed by atoms with Crippen LogP contribution in [0, 0.1) is 0 Å². The van der Waals surface area contributed by atoms with Gasteiger partial charge in [0.25, 0.3) is 0 Å². The summed E-state index contributed by atoms with van der Waals surface area (Å²) in [6.07, 6.45) is 10.9. The van der Waals surface area contributed by atoms with Gasteiger partial charge >= 0.3 is 0 Å². The molecule has 5 aromatic carbocycles. The number of aromatic nitrogens is 5. The van der Waals surface area contributed by atoms with Crippen molar-refractivity contribution in [2.45, 2.75) is 18.4 Å². The molecule has 0 radical (unpaired) electrons. The van der Waals surface area contributed by atoms with Crippen LogP contribution in [0.4, 0.5) is 11.4 Å². The van der Waals surface area contributed by atoms with Crippen LogP contribution in [0.15, 0.2) is 170 Å². The summed E-state index contributed by atoms with van der Waals surface area (Å²) in [4.78, 5) is 22.4. The van der Waals surface area contributed by atoms with Gasteiger partial charge in [-0.3, -0.25) is 4.57 Å². The lowest BCUT2D eigenvalue weighted by molar-refractivity contribution is 0.542. The van der Waals surface area contributed by atoms with E-state index < -0.39 is 0 Å². The molecule has 6 heteroatoms. The molecular weight excluding hydrogens is 625 g/mol. The quantitative estimate of drug-likeness (QED) is 0.185. The first kappa shape index (κ1) is 29.3.